The Balaban J connectivity index is 0. The number of rotatable bonds is 3. The van der Waals surface area contributed by atoms with Crippen LogP contribution in [-0.2, 0) is 9.63 Å². The normalized spacial score (nSPS) is 11.8. The summed E-state index contributed by atoms with van der Waals surface area (Å²) in [5.41, 5.74) is 4.60. The minimum absolute atomic E-state index is 0. The Morgan fingerprint density at radius 3 is 2.33 bits per heavy atom. The summed E-state index contributed by atoms with van der Waals surface area (Å²) >= 11 is 0. The molecule has 0 spiro atoms. The lowest BCUT2D eigenvalue weighted by Crippen LogP contribution is -2.33. The van der Waals surface area contributed by atoms with Crippen LogP contribution >= 0.6 is 12.4 Å². The third kappa shape index (κ3) is 5.51. The van der Waals surface area contributed by atoms with E-state index in [2.05, 4.69) is 16.5 Å². The van der Waals surface area contributed by atoms with Crippen molar-refractivity contribution in [1.29, 1.82) is 0 Å². The number of carbonyl (C=O) groups excluding carboxylic acids is 1. The first-order valence-corrected chi connectivity index (χ1v) is 1.97. The van der Waals surface area contributed by atoms with Crippen LogP contribution in [0.5, 0.6) is 0 Å². The van der Waals surface area contributed by atoms with Crippen molar-refractivity contribution in [3.63, 3.8) is 0 Å². The van der Waals surface area contributed by atoms with Crippen LogP contribution in [0.1, 0.15) is 0 Å². The largest absolute Gasteiger partial charge is 0.381 e. The number of carbonyl (C=O) groups is 1. The van der Waals surface area contributed by atoms with Crippen LogP contribution in [-0.4, -0.2) is 23.7 Å². The molecular weight excluding hydrogens is 147 g/mol. The van der Waals surface area contributed by atoms with E-state index in [1.807, 2.05) is 0 Å². The molecule has 0 aliphatic rings. The highest BCUT2D eigenvalue weighted by Crippen LogP contribution is 1.77. The van der Waals surface area contributed by atoms with Gasteiger partial charge in [-0.15, -0.1) is 12.4 Å². The molecule has 9 heavy (non-hydrogen) atoms. The molecule has 1 unspecified atom stereocenters. The Bertz CT molecular complexity index is 89.1. The Morgan fingerprint density at radius 1 is 1.78 bits per heavy atom. The highest BCUT2D eigenvalue weighted by molar-refractivity contribution is 5.85. The zero-order chi connectivity index (χ0) is 6.57. The van der Waals surface area contributed by atoms with Crippen molar-refractivity contribution >= 4 is 18.3 Å². The topological polar surface area (TPSA) is 98.6 Å². The summed E-state index contributed by atoms with van der Waals surface area (Å²) in [4.78, 5) is 13.8. The molecule has 0 aliphatic carbocycles. The third-order valence-corrected chi connectivity index (χ3v) is 0.583. The predicted octanol–water partition coefficient (Wildman–Crippen LogP) is -1.86. The minimum Gasteiger partial charge on any atom is -0.381 e. The van der Waals surface area contributed by atoms with Crippen LogP contribution in [0.25, 0.3) is 0 Å². The van der Waals surface area contributed by atoms with E-state index in [4.69, 9.17) is 5.11 Å². The van der Waals surface area contributed by atoms with E-state index >= 15 is 0 Å². The number of hydrogen-bond donors (Lipinski definition) is 3. The molecule has 0 bridgehead atoms. The molecule has 0 radical (unpaired) electrons. The maximum Gasteiger partial charge on any atom is 0.248 e. The summed E-state index contributed by atoms with van der Waals surface area (Å²) in [6, 6.07) is 0. The van der Waals surface area contributed by atoms with Crippen LogP contribution in [0.15, 0.2) is 0 Å². The van der Waals surface area contributed by atoms with Crippen molar-refractivity contribution in [2.45, 2.75) is 6.10 Å². The molecule has 56 valence electrons. The fraction of sp³-hybridized carbons (Fsp3) is 0.667. The summed E-state index contributed by atoms with van der Waals surface area (Å²) in [6.45, 7) is -0.255. The molecule has 0 aromatic heterocycles. The number of hydrogen-bond acceptors (Lipinski definition) is 4. The molecule has 0 aliphatic heterocycles. The summed E-state index contributed by atoms with van der Waals surface area (Å²) in [5, 5.41) is 8.45. The minimum atomic E-state index is -1.29. The number of primary amides is 1. The molecule has 0 heterocycles. The Kier molecular flexibility index (Phi) is 7.33. The van der Waals surface area contributed by atoms with Gasteiger partial charge in [-0.1, -0.05) is 0 Å². The van der Waals surface area contributed by atoms with Crippen molar-refractivity contribution in [2.75, 3.05) is 6.61 Å². The van der Waals surface area contributed by atoms with Gasteiger partial charge in [-0.2, -0.15) is 0 Å². The molecule has 0 fully saturated rings. The van der Waals surface area contributed by atoms with Gasteiger partial charge in [0.1, 0.15) is 6.61 Å². The van der Waals surface area contributed by atoms with Gasteiger partial charge in [-0.25, -0.2) is 5.90 Å². The number of nitrogens with two attached hydrogens (primary N) is 2. The lowest BCUT2D eigenvalue weighted by Gasteiger charge is -2.00. The van der Waals surface area contributed by atoms with Crippen LogP contribution in [0, 0.1) is 0 Å². The quantitative estimate of drug-likeness (QED) is 0.418. The van der Waals surface area contributed by atoms with Gasteiger partial charge in [-0.05, 0) is 0 Å². The van der Waals surface area contributed by atoms with E-state index in [0.29, 0.717) is 0 Å². The highest BCUT2D eigenvalue weighted by Gasteiger charge is 2.08. The standard InChI is InChI=1S/C3H8N2O3.ClH/c4-3(7)2(6)1-8-5;/h2,6H,1,5H2,(H2,4,7);1H. The van der Waals surface area contributed by atoms with Crippen LogP contribution in [0.4, 0.5) is 0 Å². The smallest absolute Gasteiger partial charge is 0.248 e. The van der Waals surface area contributed by atoms with Crippen molar-refractivity contribution in [3.8, 4) is 0 Å². The zero-order valence-corrected chi connectivity index (χ0v) is 5.43. The highest BCUT2D eigenvalue weighted by atomic mass is 35.5. The molecule has 0 saturated heterocycles. The van der Waals surface area contributed by atoms with E-state index in [-0.39, 0.29) is 19.0 Å². The van der Waals surface area contributed by atoms with Crippen LogP contribution in [0.2, 0.25) is 0 Å². The fourth-order valence-corrected chi connectivity index (χ4v) is 0.173. The second kappa shape index (κ2) is 5.77. The summed E-state index contributed by atoms with van der Waals surface area (Å²) < 4.78 is 0. The monoisotopic (exact) mass is 156 g/mol. The summed E-state index contributed by atoms with van der Waals surface area (Å²) in [6.07, 6.45) is -1.29. The molecule has 1 amide bonds. The molecule has 1 atom stereocenters. The zero-order valence-electron chi connectivity index (χ0n) is 4.61. The van der Waals surface area contributed by atoms with E-state index in [1.54, 1.807) is 0 Å². The van der Waals surface area contributed by atoms with Gasteiger partial charge in [0, 0.05) is 0 Å². The first-order chi connectivity index (χ1) is 3.68. The second-order valence-corrected chi connectivity index (χ2v) is 1.25. The third-order valence-electron chi connectivity index (χ3n) is 0.583. The fourth-order valence-electron chi connectivity index (χ4n) is 0.173. The number of halogens is 1. The van der Waals surface area contributed by atoms with Crippen molar-refractivity contribution in [1.82, 2.24) is 0 Å². The van der Waals surface area contributed by atoms with Crippen LogP contribution < -0.4 is 11.6 Å². The maximum absolute atomic E-state index is 9.93. The van der Waals surface area contributed by atoms with E-state index in [0.717, 1.165) is 0 Å². The predicted molar refractivity (Wildman–Crippen MR) is 32.6 cm³/mol. The van der Waals surface area contributed by atoms with Gasteiger partial charge in [0.2, 0.25) is 5.91 Å². The Hall–Kier alpha value is -0.360. The van der Waals surface area contributed by atoms with E-state index < -0.39 is 12.0 Å². The Morgan fingerprint density at radius 2 is 2.22 bits per heavy atom. The van der Waals surface area contributed by atoms with Crippen molar-refractivity contribution in [3.05, 3.63) is 0 Å². The van der Waals surface area contributed by atoms with E-state index in [9.17, 15) is 4.79 Å². The second-order valence-electron chi connectivity index (χ2n) is 1.25. The first kappa shape index (κ1) is 11.4. The molecule has 0 aromatic carbocycles. The van der Waals surface area contributed by atoms with Crippen LogP contribution in [0.3, 0.4) is 0 Å². The lowest BCUT2D eigenvalue weighted by atomic mass is 10.4. The van der Waals surface area contributed by atoms with Crippen molar-refractivity contribution in [2.24, 2.45) is 11.6 Å². The van der Waals surface area contributed by atoms with Gasteiger partial charge >= 0.3 is 0 Å². The molecular formula is C3H9ClN2O3. The van der Waals surface area contributed by atoms with Crippen molar-refractivity contribution < 1.29 is 14.7 Å². The molecule has 5 nitrogen and oxygen atoms in total. The molecule has 0 aromatic rings. The summed E-state index contributed by atoms with van der Waals surface area (Å²) in [5.74, 6) is 3.66. The maximum atomic E-state index is 9.93. The lowest BCUT2D eigenvalue weighted by molar-refractivity contribution is -0.129. The van der Waals surface area contributed by atoms with Gasteiger partial charge in [-0.3, -0.25) is 4.79 Å². The van der Waals surface area contributed by atoms with Gasteiger partial charge in [0.15, 0.2) is 6.10 Å². The van der Waals surface area contributed by atoms with Gasteiger partial charge < -0.3 is 15.7 Å². The number of amides is 1. The molecule has 5 N–H and O–H groups in total. The number of aliphatic hydroxyl groups is 1. The SMILES string of the molecule is Cl.NOCC(O)C(N)=O. The average Bonchev–Trinajstić information content (AvgIpc) is 1.67. The van der Waals surface area contributed by atoms with Gasteiger partial charge in [0.25, 0.3) is 0 Å². The molecule has 0 saturated carbocycles. The van der Waals surface area contributed by atoms with E-state index in [1.165, 1.54) is 0 Å². The average molecular weight is 157 g/mol. The molecule has 6 heteroatoms. The Labute approximate surface area is 58.3 Å². The summed E-state index contributed by atoms with van der Waals surface area (Å²) in [7, 11) is 0. The first-order valence-electron chi connectivity index (χ1n) is 1.97. The van der Waals surface area contributed by atoms with Gasteiger partial charge in [0.05, 0.1) is 0 Å². The number of aliphatic hydroxyl groups excluding tert-OH is 1. The molecule has 0 rings (SSSR count).